The number of benzene rings is 2. The highest BCUT2D eigenvalue weighted by molar-refractivity contribution is 9.10. The number of hydrazine groups is 1. The monoisotopic (exact) mass is 433 g/mol. The van der Waals surface area contributed by atoms with E-state index in [4.69, 9.17) is 4.74 Å². The van der Waals surface area contributed by atoms with Crippen molar-refractivity contribution in [1.82, 2.24) is 16.2 Å². The average Bonchev–Trinajstić information content (AvgIpc) is 2.69. The lowest BCUT2D eigenvalue weighted by Crippen LogP contribution is -2.42. The SMILES string of the molecule is COc1ccc(Br)cc1C(=O)NNC(=O)CCC(=O)NCc1ccccc1. The van der Waals surface area contributed by atoms with Gasteiger partial charge in [0.25, 0.3) is 5.91 Å². The van der Waals surface area contributed by atoms with Crippen LogP contribution in [0.5, 0.6) is 5.75 Å². The first kappa shape index (κ1) is 20.4. The maximum atomic E-state index is 12.2. The molecule has 0 saturated heterocycles. The molecule has 7 nitrogen and oxygen atoms in total. The van der Waals surface area contributed by atoms with Crippen LogP contribution in [0.4, 0.5) is 0 Å². The number of halogens is 1. The third-order valence-electron chi connectivity index (χ3n) is 3.63. The van der Waals surface area contributed by atoms with Crippen LogP contribution in [0, 0.1) is 0 Å². The van der Waals surface area contributed by atoms with Gasteiger partial charge in [0, 0.05) is 23.9 Å². The van der Waals surface area contributed by atoms with Crippen LogP contribution in [0.3, 0.4) is 0 Å². The van der Waals surface area contributed by atoms with E-state index in [-0.39, 0.29) is 24.3 Å². The van der Waals surface area contributed by atoms with Crippen molar-refractivity contribution in [1.29, 1.82) is 0 Å². The largest absolute Gasteiger partial charge is 0.496 e. The predicted octanol–water partition coefficient (Wildman–Crippen LogP) is 2.32. The van der Waals surface area contributed by atoms with Crippen molar-refractivity contribution in [3.8, 4) is 5.75 Å². The van der Waals surface area contributed by atoms with Crippen molar-refractivity contribution in [3.05, 3.63) is 64.1 Å². The summed E-state index contributed by atoms with van der Waals surface area (Å²) in [7, 11) is 1.45. The number of carbonyl (C=O) groups excluding carboxylic acids is 3. The highest BCUT2D eigenvalue weighted by atomic mass is 79.9. The summed E-state index contributed by atoms with van der Waals surface area (Å²) in [6, 6.07) is 14.4. The minimum atomic E-state index is -0.518. The number of hydrogen-bond acceptors (Lipinski definition) is 4. The highest BCUT2D eigenvalue weighted by Crippen LogP contribution is 2.22. The van der Waals surface area contributed by atoms with Crippen LogP contribution in [0.15, 0.2) is 53.0 Å². The van der Waals surface area contributed by atoms with Crippen molar-refractivity contribution < 1.29 is 19.1 Å². The van der Waals surface area contributed by atoms with Gasteiger partial charge in [0.1, 0.15) is 5.75 Å². The summed E-state index contributed by atoms with van der Waals surface area (Å²) in [5.41, 5.74) is 5.85. The van der Waals surface area contributed by atoms with Gasteiger partial charge in [-0.1, -0.05) is 46.3 Å². The van der Waals surface area contributed by atoms with Gasteiger partial charge in [-0.3, -0.25) is 25.2 Å². The summed E-state index contributed by atoms with van der Waals surface area (Å²) >= 11 is 3.28. The number of hydrogen-bond donors (Lipinski definition) is 3. The van der Waals surface area contributed by atoms with Gasteiger partial charge in [-0.2, -0.15) is 0 Å². The van der Waals surface area contributed by atoms with Gasteiger partial charge in [-0.05, 0) is 23.8 Å². The van der Waals surface area contributed by atoms with Crippen LogP contribution in [-0.4, -0.2) is 24.8 Å². The molecule has 2 aromatic rings. The van der Waals surface area contributed by atoms with Gasteiger partial charge in [0.15, 0.2) is 0 Å². The van der Waals surface area contributed by atoms with E-state index in [1.54, 1.807) is 18.2 Å². The molecule has 0 aliphatic rings. The zero-order valence-corrected chi connectivity index (χ0v) is 16.3. The Kier molecular flexibility index (Phi) is 7.81. The number of methoxy groups -OCH3 is 1. The Hall–Kier alpha value is -2.87. The van der Waals surface area contributed by atoms with E-state index in [2.05, 4.69) is 32.1 Å². The molecular weight excluding hydrogens is 414 g/mol. The normalized spacial score (nSPS) is 10.0. The van der Waals surface area contributed by atoms with Crippen molar-refractivity contribution >= 4 is 33.7 Å². The summed E-state index contributed by atoms with van der Waals surface area (Å²) in [4.78, 5) is 35.8. The first-order chi connectivity index (χ1) is 13.0. The summed E-state index contributed by atoms with van der Waals surface area (Å²) in [5, 5.41) is 2.74. The van der Waals surface area contributed by atoms with Crippen LogP contribution in [-0.2, 0) is 16.1 Å². The maximum absolute atomic E-state index is 12.2. The number of rotatable bonds is 7. The molecule has 0 unspecified atom stereocenters. The zero-order chi connectivity index (χ0) is 19.6. The lowest BCUT2D eigenvalue weighted by atomic mass is 10.2. The van der Waals surface area contributed by atoms with Crippen LogP contribution in [0.1, 0.15) is 28.8 Å². The molecule has 0 fully saturated rings. The summed E-state index contributed by atoms with van der Waals surface area (Å²) in [6.45, 7) is 0.403. The molecule has 0 saturated carbocycles. The second-order valence-electron chi connectivity index (χ2n) is 5.61. The zero-order valence-electron chi connectivity index (χ0n) is 14.8. The molecule has 0 bridgehead atoms. The summed E-state index contributed by atoms with van der Waals surface area (Å²) in [6.07, 6.45) is -0.0226. The number of amides is 3. The average molecular weight is 434 g/mol. The fourth-order valence-electron chi connectivity index (χ4n) is 2.23. The lowest BCUT2D eigenvalue weighted by Gasteiger charge is -2.11. The van der Waals surface area contributed by atoms with Crippen molar-refractivity contribution in [2.75, 3.05) is 7.11 Å². The van der Waals surface area contributed by atoms with E-state index in [0.29, 0.717) is 16.8 Å². The third-order valence-corrected chi connectivity index (χ3v) is 4.13. The predicted molar refractivity (Wildman–Crippen MR) is 104 cm³/mol. The molecule has 8 heteroatoms. The van der Waals surface area contributed by atoms with Crippen LogP contribution < -0.4 is 20.9 Å². The van der Waals surface area contributed by atoms with Gasteiger partial charge >= 0.3 is 0 Å². The number of carbonyl (C=O) groups is 3. The van der Waals surface area contributed by atoms with Gasteiger partial charge in [-0.25, -0.2) is 0 Å². The molecule has 0 aliphatic heterocycles. The van der Waals surface area contributed by atoms with Crippen LogP contribution in [0.25, 0.3) is 0 Å². The molecule has 0 atom stereocenters. The van der Waals surface area contributed by atoms with E-state index in [1.807, 2.05) is 30.3 Å². The van der Waals surface area contributed by atoms with E-state index < -0.39 is 11.8 Å². The number of ether oxygens (including phenoxy) is 1. The Labute approximate surface area is 165 Å². The Bertz CT molecular complexity index is 812. The first-order valence-electron chi connectivity index (χ1n) is 8.23. The molecule has 0 aliphatic carbocycles. The fraction of sp³-hybridized carbons (Fsp3) is 0.211. The second kappa shape index (κ2) is 10.3. The smallest absolute Gasteiger partial charge is 0.273 e. The molecule has 3 N–H and O–H groups in total. The van der Waals surface area contributed by atoms with Crippen LogP contribution in [0.2, 0.25) is 0 Å². The van der Waals surface area contributed by atoms with Gasteiger partial charge < -0.3 is 10.1 Å². The maximum Gasteiger partial charge on any atom is 0.273 e. The molecule has 0 heterocycles. The van der Waals surface area contributed by atoms with Crippen molar-refractivity contribution in [2.24, 2.45) is 0 Å². The Morgan fingerprint density at radius 2 is 1.67 bits per heavy atom. The van der Waals surface area contributed by atoms with E-state index >= 15 is 0 Å². The Balaban J connectivity index is 1.73. The van der Waals surface area contributed by atoms with Gasteiger partial charge in [-0.15, -0.1) is 0 Å². The Morgan fingerprint density at radius 3 is 2.37 bits per heavy atom. The molecule has 142 valence electrons. The molecular formula is C19H20BrN3O4. The molecule has 0 aromatic heterocycles. The van der Waals surface area contributed by atoms with E-state index in [1.165, 1.54) is 7.11 Å². The lowest BCUT2D eigenvalue weighted by molar-refractivity contribution is -0.126. The van der Waals surface area contributed by atoms with E-state index in [0.717, 1.165) is 5.56 Å². The van der Waals surface area contributed by atoms with Gasteiger partial charge in [0.2, 0.25) is 11.8 Å². The summed E-state index contributed by atoms with van der Waals surface area (Å²) in [5.74, 6) is -0.846. The second-order valence-corrected chi connectivity index (χ2v) is 6.52. The minimum absolute atomic E-state index is 0.0226. The standard InChI is InChI=1S/C19H20BrN3O4/c1-27-16-8-7-14(20)11-15(16)19(26)23-22-18(25)10-9-17(24)21-12-13-5-3-2-4-6-13/h2-8,11H,9-10,12H2,1H3,(H,21,24)(H,22,25)(H,23,26). The number of nitrogens with one attached hydrogen (secondary N) is 3. The molecule has 27 heavy (non-hydrogen) atoms. The quantitative estimate of drug-likeness (QED) is 0.583. The topological polar surface area (TPSA) is 96.5 Å². The van der Waals surface area contributed by atoms with Crippen LogP contribution >= 0.6 is 15.9 Å². The molecule has 0 spiro atoms. The third kappa shape index (κ3) is 6.74. The molecule has 2 aromatic carbocycles. The Morgan fingerprint density at radius 1 is 0.963 bits per heavy atom. The van der Waals surface area contributed by atoms with Crippen molar-refractivity contribution in [3.63, 3.8) is 0 Å². The van der Waals surface area contributed by atoms with E-state index in [9.17, 15) is 14.4 Å². The fourth-order valence-corrected chi connectivity index (χ4v) is 2.59. The molecule has 0 radical (unpaired) electrons. The highest BCUT2D eigenvalue weighted by Gasteiger charge is 2.14. The molecule has 2 rings (SSSR count). The van der Waals surface area contributed by atoms with Crippen molar-refractivity contribution in [2.45, 2.75) is 19.4 Å². The minimum Gasteiger partial charge on any atom is -0.496 e. The summed E-state index contributed by atoms with van der Waals surface area (Å²) < 4.78 is 5.83. The molecule has 3 amide bonds. The van der Waals surface area contributed by atoms with Gasteiger partial charge in [0.05, 0.1) is 12.7 Å². The first-order valence-corrected chi connectivity index (χ1v) is 9.02.